The summed E-state index contributed by atoms with van der Waals surface area (Å²) < 4.78 is 17.6. The van der Waals surface area contributed by atoms with E-state index in [0.29, 0.717) is 5.56 Å². The Bertz CT molecular complexity index is 661. The SMILES string of the molecule is Cc1cn([C@@H]2O[C@H](CO)[C@@H](O)[C@H]2OC(C)OCCCl)c(=O)[nH]c1=O. The van der Waals surface area contributed by atoms with E-state index in [1.165, 1.54) is 13.1 Å². The molecule has 1 saturated heterocycles. The Morgan fingerprint density at radius 3 is 2.83 bits per heavy atom. The molecule has 3 N–H and O–H groups in total. The van der Waals surface area contributed by atoms with Crippen LogP contribution in [0.1, 0.15) is 18.7 Å². The molecule has 9 nitrogen and oxygen atoms in total. The lowest BCUT2D eigenvalue weighted by atomic mass is 10.1. The van der Waals surface area contributed by atoms with Gasteiger partial charge in [0.25, 0.3) is 5.56 Å². The summed E-state index contributed by atoms with van der Waals surface area (Å²) in [5.74, 6) is 0.276. The van der Waals surface area contributed by atoms with Crippen LogP contribution in [0.3, 0.4) is 0 Å². The van der Waals surface area contributed by atoms with Crippen molar-refractivity contribution < 1.29 is 24.4 Å². The molecule has 1 aromatic heterocycles. The van der Waals surface area contributed by atoms with Crippen LogP contribution in [-0.2, 0) is 14.2 Å². The minimum absolute atomic E-state index is 0.248. The maximum atomic E-state index is 12.1. The van der Waals surface area contributed by atoms with Crippen LogP contribution in [0.5, 0.6) is 0 Å². The van der Waals surface area contributed by atoms with Crippen molar-refractivity contribution in [1.82, 2.24) is 9.55 Å². The van der Waals surface area contributed by atoms with Gasteiger partial charge >= 0.3 is 5.69 Å². The average molecular weight is 365 g/mol. The van der Waals surface area contributed by atoms with E-state index in [9.17, 15) is 19.8 Å². The summed E-state index contributed by atoms with van der Waals surface area (Å²) in [7, 11) is 0. The van der Waals surface area contributed by atoms with E-state index >= 15 is 0 Å². The molecular formula is C14H21ClN2O7. The second-order valence-electron chi connectivity index (χ2n) is 5.45. The van der Waals surface area contributed by atoms with Crippen molar-refractivity contribution in [2.24, 2.45) is 0 Å². The van der Waals surface area contributed by atoms with Gasteiger partial charge in [-0.05, 0) is 13.8 Å². The molecule has 0 radical (unpaired) electrons. The number of H-pyrrole nitrogens is 1. The highest BCUT2D eigenvalue weighted by atomic mass is 35.5. The third-order valence-electron chi connectivity index (χ3n) is 3.69. The highest BCUT2D eigenvalue weighted by Crippen LogP contribution is 2.31. The van der Waals surface area contributed by atoms with Gasteiger partial charge < -0.3 is 24.4 Å². The Labute approximate surface area is 142 Å². The Morgan fingerprint density at radius 2 is 2.21 bits per heavy atom. The molecular weight excluding hydrogens is 344 g/mol. The van der Waals surface area contributed by atoms with E-state index in [1.807, 2.05) is 0 Å². The number of ether oxygens (including phenoxy) is 3. The van der Waals surface area contributed by atoms with Crippen molar-refractivity contribution in [3.63, 3.8) is 0 Å². The predicted octanol–water partition coefficient (Wildman–Crippen LogP) is -0.918. The van der Waals surface area contributed by atoms with Crippen molar-refractivity contribution in [2.45, 2.75) is 44.7 Å². The molecule has 5 atom stereocenters. The first-order valence-electron chi connectivity index (χ1n) is 7.48. The molecule has 10 heteroatoms. The van der Waals surface area contributed by atoms with Crippen LogP contribution in [0.25, 0.3) is 0 Å². The third-order valence-corrected chi connectivity index (χ3v) is 3.85. The zero-order valence-corrected chi connectivity index (χ0v) is 14.1. The quantitative estimate of drug-likeness (QED) is 0.422. The molecule has 0 bridgehead atoms. The molecule has 0 amide bonds. The minimum atomic E-state index is -1.18. The van der Waals surface area contributed by atoms with E-state index in [1.54, 1.807) is 6.92 Å². The first-order valence-corrected chi connectivity index (χ1v) is 8.02. The average Bonchev–Trinajstić information content (AvgIpc) is 2.85. The second kappa shape index (κ2) is 8.24. The van der Waals surface area contributed by atoms with Crippen LogP contribution in [-0.4, -0.2) is 63.5 Å². The molecule has 136 valence electrons. The van der Waals surface area contributed by atoms with Crippen molar-refractivity contribution in [1.29, 1.82) is 0 Å². The monoisotopic (exact) mass is 364 g/mol. The fourth-order valence-corrected chi connectivity index (χ4v) is 2.58. The number of alkyl halides is 1. The summed E-state index contributed by atoms with van der Waals surface area (Å²) >= 11 is 5.55. The maximum absolute atomic E-state index is 12.1. The van der Waals surface area contributed by atoms with Gasteiger partial charge in [-0.1, -0.05) is 0 Å². The molecule has 1 aliphatic rings. The van der Waals surface area contributed by atoms with Crippen molar-refractivity contribution in [3.8, 4) is 0 Å². The molecule has 2 rings (SSSR count). The number of aliphatic hydroxyl groups excluding tert-OH is 2. The van der Waals surface area contributed by atoms with Crippen LogP contribution in [0.15, 0.2) is 15.8 Å². The summed E-state index contributed by atoms with van der Waals surface area (Å²) in [5.41, 5.74) is -0.917. The van der Waals surface area contributed by atoms with Gasteiger partial charge in [0.2, 0.25) is 0 Å². The highest BCUT2D eigenvalue weighted by Gasteiger charge is 2.46. The standard InChI is InChI=1S/C14H21ClN2O7/c1-7-5-17(14(21)16-12(7)20)13-11(10(19)9(6-18)24-13)23-8(2)22-4-3-15/h5,8-11,13,18-19H,3-4,6H2,1-2H3,(H,16,20,21)/t8?,9-,10-,11-,13-/m1/s1. The Hall–Kier alpha value is -1.23. The van der Waals surface area contributed by atoms with E-state index in [4.69, 9.17) is 25.8 Å². The largest absolute Gasteiger partial charge is 0.394 e. The van der Waals surface area contributed by atoms with Gasteiger partial charge in [-0.3, -0.25) is 14.3 Å². The maximum Gasteiger partial charge on any atom is 0.330 e. The van der Waals surface area contributed by atoms with Crippen molar-refractivity contribution >= 4 is 11.6 Å². The summed E-state index contributed by atoms with van der Waals surface area (Å²) in [6, 6.07) is 0. The number of hydrogen-bond donors (Lipinski definition) is 3. The molecule has 24 heavy (non-hydrogen) atoms. The van der Waals surface area contributed by atoms with Crippen LogP contribution in [0.2, 0.25) is 0 Å². The van der Waals surface area contributed by atoms with E-state index in [2.05, 4.69) is 4.98 Å². The number of nitrogens with zero attached hydrogens (tertiary/aromatic N) is 1. The molecule has 1 unspecified atom stereocenters. The normalized spacial score (nSPS) is 28.2. The Morgan fingerprint density at radius 1 is 1.50 bits per heavy atom. The van der Waals surface area contributed by atoms with Crippen LogP contribution >= 0.6 is 11.6 Å². The Balaban J connectivity index is 2.29. The number of aliphatic hydroxyl groups is 2. The fourth-order valence-electron chi connectivity index (χ4n) is 2.49. The summed E-state index contributed by atoms with van der Waals surface area (Å²) in [6.45, 7) is 2.94. The van der Waals surface area contributed by atoms with Crippen LogP contribution in [0, 0.1) is 6.92 Å². The smallest absolute Gasteiger partial charge is 0.330 e. The van der Waals surface area contributed by atoms with Gasteiger partial charge in [0, 0.05) is 17.6 Å². The zero-order valence-electron chi connectivity index (χ0n) is 13.3. The molecule has 1 aliphatic heterocycles. The van der Waals surface area contributed by atoms with Gasteiger partial charge in [-0.2, -0.15) is 0 Å². The van der Waals surface area contributed by atoms with Gasteiger partial charge in [-0.25, -0.2) is 4.79 Å². The summed E-state index contributed by atoms with van der Waals surface area (Å²) in [4.78, 5) is 25.7. The van der Waals surface area contributed by atoms with Crippen molar-refractivity contribution in [3.05, 3.63) is 32.6 Å². The molecule has 2 heterocycles. The number of nitrogens with one attached hydrogen (secondary N) is 1. The van der Waals surface area contributed by atoms with Crippen molar-refractivity contribution in [2.75, 3.05) is 19.1 Å². The molecule has 1 fully saturated rings. The lowest BCUT2D eigenvalue weighted by Crippen LogP contribution is -2.41. The fraction of sp³-hybridized carbons (Fsp3) is 0.714. The molecule has 0 spiro atoms. The number of aryl methyl sites for hydroxylation is 1. The molecule has 0 aliphatic carbocycles. The number of hydrogen-bond acceptors (Lipinski definition) is 7. The lowest BCUT2D eigenvalue weighted by molar-refractivity contribution is -0.191. The zero-order chi connectivity index (χ0) is 17.9. The molecule has 0 aromatic carbocycles. The first-order chi connectivity index (χ1) is 11.4. The molecule has 1 aromatic rings. The third kappa shape index (κ3) is 4.05. The van der Waals surface area contributed by atoms with E-state index in [-0.39, 0.29) is 12.5 Å². The topological polar surface area (TPSA) is 123 Å². The van der Waals surface area contributed by atoms with Gasteiger partial charge in [0.05, 0.1) is 13.2 Å². The van der Waals surface area contributed by atoms with Crippen LogP contribution in [0.4, 0.5) is 0 Å². The number of aromatic nitrogens is 2. The van der Waals surface area contributed by atoms with E-state index in [0.717, 1.165) is 4.57 Å². The second-order valence-corrected chi connectivity index (χ2v) is 5.82. The minimum Gasteiger partial charge on any atom is -0.394 e. The number of halogens is 1. The number of rotatable bonds is 7. The summed E-state index contributed by atoms with van der Waals surface area (Å²) in [6.07, 6.45) is -3.51. The van der Waals surface area contributed by atoms with Gasteiger partial charge in [0.15, 0.2) is 12.5 Å². The molecule has 0 saturated carbocycles. The Kier molecular flexibility index (Phi) is 6.55. The lowest BCUT2D eigenvalue weighted by Gasteiger charge is -2.25. The van der Waals surface area contributed by atoms with Gasteiger partial charge in [-0.15, -0.1) is 11.6 Å². The van der Waals surface area contributed by atoms with E-state index < -0.39 is 48.7 Å². The first kappa shape index (κ1) is 19.1. The number of aromatic amines is 1. The predicted molar refractivity (Wildman–Crippen MR) is 84.1 cm³/mol. The summed E-state index contributed by atoms with van der Waals surface area (Å²) in [5, 5.41) is 19.6. The highest BCUT2D eigenvalue weighted by molar-refractivity contribution is 6.17. The van der Waals surface area contributed by atoms with Gasteiger partial charge in [0.1, 0.15) is 18.3 Å². The van der Waals surface area contributed by atoms with Crippen LogP contribution < -0.4 is 11.2 Å².